The smallest absolute Gasteiger partial charge is 0.150 e. The third-order valence-electron chi connectivity index (χ3n) is 2.00. The third-order valence-corrected chi connectivity index (χ3v) is 3.93. The molecule has 14 heavy (non-hydrogen) atoms. The van der Waals surface area contributed by atoms with Crippen LogP contribution in [0, 0.1) is 0 Å². The zero-order chi connectivity index (χ0) is 11.2. The first-order valence-corrected chi connectivity index (χ1v) is 7.16. The second-order valence-electron chi connectivity index (χ2n) is 3.63. The second kappa shape index (κ2) is 6.64. The third kappa shape index (κ3) is 7.59. The van der Waals surface area contributed by atoms with E-state index in [0.717, 1.165) is 13.1 Å². The molecule has 0 rings (SSSR count). The number of nitrogens with zero attached hydrogens (tertiary/aromatic N) is 1. The second-order valence-corrected chi connectivity index (χ2v) is 6.85. The Labute approximate surface area is 92.3 Å². The standard InChI is InChI=1S/C9H20ClNO2S/c1-4-14(12,13)7-5-6-11(3)8-9(2)10/h9H,4-8H2,1-3H3. The van der Waals surface area contributed by atoms with E-state index in [0.29, 0.717) is 6.42 Å². The van der Waals surface area contributed by atoms with Crippen LogP contribution in [0.15, 0.2) is 0 Å². The summed E-state index contributed by atoms with van der Waals surface area (Å²) in [7, 11) is -0.847. The van der Waals surface area contributed by atoms with Gasteiger partial charge in [-0.25, -0.2) is 8.42 Å². The summed E-state index contributed by atoms with van der Waals surface area (Å²) in [5.41, 5.74) is 0. The van der Waals surface area contributed by atoms with Gasteiger partial charge in [0.25, 0.3) is 0 Å². The largest absolute Gasteiger partial charge is 0.305 e. The summed E-state index contributed by atoms with van der Waals surface area (Å²) in [4.78, 5) is 2.06. The number of rotatable bonds is 7. The molecule has 0 saturated heterocycles. The Morgan fingerprint density at radius 2 is 2.00 bits per heavy atom. The van der Waals surface area contributed by atoms with Crippen molar-refractivity contribution in [1.29, 1.82) is 0 Å². The van der Waals surface area contributed by atoms with Crippen molar-refractivity contribution in [3.63, 3.8) is 0 Å². The lowest BCUT2D eigenvalue weighted by molar-refractivity contribution is 0.338. The monoisotopic (exact) mass is 241 g/mol. The van der Waals surface area contributed by atoms with Crippen LogP contribution in [0.1, 0.15) is 20.3 Å². The Kier molecular flexibility index (Phi) is 6.74. The fourth-order valence-electron chi connectivity index (χ4n) is 1.22. The molecule has 0 aromatic heterocycles. The summed E-state index contributed by atoms with van der Waals surface area (Å²) in [5.74, 6) is 0.521. The van der Waals surface area contributed by atoms with Gasteiger partial charge < -0.3 is 4.90 Å². The molecule has 0 bridgehead atoms. The average Bonchev–Trinajstić information content (AvgIpc) is 2.02. The van der Waals surface area contributed by atoms with Crippen LogP contribution in [0.4, 0.5) is 0 Å². The highest BCUT2D eigenvalue weighted by Gasteiger charge is 2.08. The van der Waals surface area contributed by atoms with E-state index in [-0.39, 0.29) is 16.9 Å². The van der Waals surface area contributed by atoms with Crippen LogP contribution in [0.25, 0.3) is 0 Å². The highest BCUT2D eigenvalue weighted by atomic mass is 35.5. The Morgan fingerprint density at radius 1 is 1.43 bits per heavy atom. The van der Waals surface area contributed by atoms with Gasteiger partial charge in [-0.1, -0.05) is 6.92 Å². The van der Waals surface area contributed by atoms with Crippen LogP contribution >= 0.6 is 11.6 Å². The molecular weight excluding hydrogens is 222 g/mol. The van der Waals surface area contributed by atoms with Crippen LogP contribution in [0.3, 0.4) is 0 Å². The van der Waals surface area contributed by atoms with E-state index in [9.17, 15) is 8.42 Å². The van der Waals surface area contributed by atoms with E-state index in [1.807, 2.05) is 14.0 Å². The lowest BCUT2D eigenvalue weighted by Crippen LogP contribution is -2.27. The van der Waals surface area contributed by atoms with E-state index in [2.05, 4.69) is 4.90 Å². The van der Waals surface area contributed by atoms with Gasteiger partial charge in [-0.2, -0.15) is 0 Å². The van der Waals surface area contributed by atoms with Gasteiger partial charge in [0, 0.05) is 17.7 Å². The first kappa shape index (κ1) is 14.2. The number of halogens is 1. The van der Waals surface area contributed by atoms with Crippen molar-refractivity contribution in [3.8, 4) is 0 Å². The van der Waals surface area contributed by atoms with E-state index in [1.54, 1.807) is 6.92 Å². The summed E-state index contributed by atoms with van der Waals surface area (Å²) < 4.78 is 22.3. The lowest BCUT2D eigenvalue weighted by atomic mass is 10.4. The Morgan fingerprint density at radius 3 is 2.43 bits per heavy atom. The van der Waals surface area contributed by atoms with E-state index < -0.39 is 9.84 Å². The zero-order valence-corrected chi connectivity index (χ0v) is 10.7. The molecule has 0 N–H and O–H groups in total. The fourth-order valence-corrected chi connectivity index (χ4v) is 2.31. The van der Waals surface area contributed by atoms with E-state index >= 15 is 0 Å². The van der Waals surface area contributed by atoms with Crippen molar-refractivity contribution in [2.45, 2.75) is 25.6 Å². The minimum absolute atomic E-state index is 0.114. The number of hydrogen-bond acceptors (Lipinski definition) is 3. The summed E-state index contributed by atoms with van der Waals surface area (Å²) in [6.45, 7) is 5.20. The molecule has 0 aliphatic carbocycles. The van der Waals surface area contributed by atoms with Crippen LogP contribution in [0.5, 0.6) is 0 Å². The lowest BCUT2D eigenvalue weighted by Gasteiger charge is -2.17. The molecule has 3 nitrogen and oxygen atoms in total. The van der Waals surface area contributed by atoms with Crippen LogP contribution in [-0.2, 0) is 9.84 Å². The highest BCUT2D eigenvalue weighted by molar-refractivity contribution is 7.91. The van der Waals surface area contributed by atoms with Gasteiger partial charge in [0.05, 0.1) is 5.75 Å². The van der Waals surface area contributed by atoms with Gasteiger partial charge in [-0.15, -0.1) is 11.6 Å². The van der Waals surface area contributed by atoms with Crippen molar-refractivity contribution in [2.24, 2.45) is 0 Å². The average molecular weight is 242 g/mol. The number of alkyl halides is 1. The van der Waals surface area contributed by atoms with Gasteiger partial charge in [0.15, 0.2) is 0 Å². The van der Waals surface area contributed by atoms with Crippen molar-refractivity contribution < 1.29 is 8.42 Å². The van der Waals surface area contributed by atoms with E-state index in [4.69, 9.17) is 11.6 Å². The number of hydrogen-bond donors (Lipinski definition) is 0. The Bertz CT molecular complexity index is 239. The molecule has 0 saturated carbocycles. The Balaban J connectivity index is 3.64. The predicted octanol–water partition coefficient (Wildman–Crippen LogP) is 1.37. The van der Waals surface area contributed by atoms with Crippen LogP contribution < -0.4 is 0 Å². The normalized spacial score (nSPS) is 14.6. The molecule has 0 heterocycles. The molecule has 1 atom stereocenters. The maximum absolute atomic E-state index is 11.2. The summed E-state index contributed by atoms with van der Waals surface area (Å²) >= 11 is 5.81. The maximum Gasteiger partial charge on any atom is 0.150 e. The van der Waals surface area contributed by atoms with Gasteiger partial charge >= 0.3 is 0 Å². The molecular formula is C9H20ClNO2S. The molecule has 0 aliphatic heterocycles. The molecule has 0 aliphatic rings. The van der Waals surface area contributed by atoms with Crippen molar-refractivity contribution in [3.05, 3.63) is 0 Å². The molecule has 0 radical (unpaired) electrons. The fraction of sp³-hybridized carbons (Fsp3) is 1.00. The van der Waals surface area contributed by atoms with Crippen LogP contribution in [-0.4, -0.2) is 50.3 Å². The van der Waals surface area contributed by atoms with Crippen molar-refractivity contribution >= 4 is 21.4 Å². The van der Waals surface area contributed by atoms with Gasteiger partial charge in [0.1, 0.15) is 9.84 Å². The zero-order valence-electron chi connectivity index (χ0n) is 9.16. The molecule has 86 valence electrons. The highest BCUT2D eigenvalue weighted by Crippen LogP contribution is 1.99. The van der Waals surface area contributed by atoms with Gasteiger partial charge in [-0.05, 0) is 26.9 Å². The van der Waals surface area contributed by atoms with Crippen molar-refractivity contribution in [2.75, 3.05) is 31.6 Å². The molecule has 0 fully saturated rings. The first-order chi connectivity index (χ1) is 6.37. The molecule has 0 spiro atoms. The molecule has 0 aromatic rings. The van der Waals surface area contributed by atoms with Crippen molar-refractivity contribution in [1.82, 2.24) is 4.90 Å². The summed E-state index contributed by atoms with van der Waals surface area (Å²) in [5, 5.41) is 0.114. The summed E-state index contributed by atoms with van der Waals surface area (Å²) in [6.07, 6.45) is 0.691. The van der Waals surface area contributed by atoms with E-state index in [1.165, 1.54) is 0 Å². The minimum atomic E-state index is -2.80. The minimum Gasteiger partial charge on any atom is -0.305 e. The predicted molar refractivity (Wildman–Crippen MR) is 61.8 cm³/mol. The Hall–Kier alpha value is 0.200. The number of sulfone groups is 1. The van der Waals surface area contributed by atoms with Gasteiger partial charge in [0.2, 0.25) is 0 Å². The molecule has 0 amide bonds. The topological polar surface area (TPSA) is 37.4 Å². The molecule has 0 aromatic carbocycles. The van der Waals surface area contributed by atoms with Crippen LogP contribution in [0.2, 0.25) is 0 Å². The van der Waals surface area contributed by atoms with Gasteiger partial charge in [-0.3, -0.25) is 0 Å². The molecule has 5 heteroatoms. The SMILES string of the molecule is CCS(=O)(=O)CCCN(C)CC(C)Cl. The summed E-state index contributed by atoms with van der Waals surface area (Å²) in [6, 6.07) is 0. The maximum atomic E-state index is 11.2. The first-order valence-electron chi connectivity index (χ1n) is 4.90. The quantitative estimate of drug-likeness (QED) is 0.632. The molecule has 1 unspecified atom stereocenters.